The maximum absolute atomic E-state index is 5.99. The van der Waals surface area contributed by atoms with E-state index in [1.54, 1.807) is 0 Å². The molecule has 0 saturated heterocycles. The molecule has 0 spiro atoms. The summed E-state index contributed by atoms with van der Waals surface area (Å²) in [5, 5.41) is 3.53. The standard InChI is InChI=1S/C16H20BrN3O/c1-2-20-8-7-18-16(20)11-21-15-6-3-13(17)9-12(15)10-19-14-4-5-14/h3,6-9,14,19H,2,4-5,10-11H2,1H3. The Morgan fingerprint density at radius 1 is 1.43 bits per heavy atom. The van der Waals surface area contributed by atoms with E-state index in [1.807, 2.05) is 24.5 Å². The van der Waals surface area contributed by atoms with Gasteiger partial charge in [-0.25, -0.2) is 4.98 Å². The zero-order valence-electron chi connectivity index (χ0n) is 12.2. The lowest BCUT2D eigenvalue weighted by atomic mass is 10.2. The predicted molar refractivity (Wildman–Crippen MR) is 86.2 cm³/mol. The molecule has 1 aliphatic carbocycles. The Labute approximate surface area is 133 Å². The van der Waals surface area contributed by atoms with Crippen LogP contribution in [0.25, 0.3) is 0 Å². The smallest absolute Gasteiger partial charge is 0.146 e. The number of halogens is 1. The summed E-state index contributed by atoms with van der Waals surface area (Å²) in [6.07, 6.45) is 6.38. The second-order valence-corrected chi connectivity index (χ2v) is 6.24. The van der Waals surface area contributed by atoms with E-state index in [1.165, 1.54) is 18.4 Å². The molecule has 1 aliphatic rings. The number of nitrogens with zero attached hydrogens (tertiary/aromatic N) is 2. The Kier molecular flexibility index (Phi) is 4.60. The summed E-state index contributed by atoms with van der Waals surface area (Å²) in [4.78, 5) is 4.35. The maximum Gasteiger partial charge on any atom is 0.146 e. The van der Waals surface area contributed by atoms with Crippen LogP contribution in [0.3, 0.4) is 0 Å². The molecule has 0 atom stereocenters. The van der Waals surface area contributed by atoms with Gasteiger partial charge < -0.3 is 14.6 Å². The van der Waals surface area contributed by atoms with Gasteiger partial charge in [0.2, 0.25) is 0 Å². The Balaban J connectivity index is 1.68. The van der Waals surface area contributed by atoms with Crippen molar-refractivity contribution in [1.29, 1.82) is 0 Å². The van der Waals surface area contributed by atoms with Crippen molar-refractivity contribution in [1.82, 2.24) is 14.9 Å². The van der Waals surface area contributed by atoms with E-state index in [0.717, 1.165) is 29.1 Å². The summed E-state index contributed by atoms with van der Waals surface area (Å²) in [5.74, 6) is 1.89. The highest BCUT2D eigenvalue weighted by Crippen LogP contribution is 2.26. The molecule has 1 fully saturated rings. The molecule has 21 heavy (non-hydrogen) atoms. The monoisotopic (exact) mass is 349 g/mol. The SMILES string of the molecule is CCn1ccnc1COc1ccc(Br)cc1CNC1CC1. The first kappa shape index (κ1) is 14.6. The Bertz CT molecular complexity index is 607. The van der Waals surface area contributed by atoms with Gasteiger partial charge in [0, 0.05) is 41.6 Å². The third kappa shape index (κ3) is 3.86. The zero-order valence-corrected chi connectivity index (χ0v) is 13.8. The van der Waals surface area contributed by atoms with Gasteiger partial charge >= 0.3 is 0 Å². The second kappa shape index (κ2) is 6.62. The van der Waals surface area contributed by atoms with Gasteiger partial charge in [-0.05, 0) is 38.0 Å². The van der Waals surface area contributed by atoms with Crippen LogP contribution in [0, 0.1) is 0 Å². The number of aromatic nitrogens is 2. The summed E-state index contributed by atoms with van der Waals surface area (Å²) in [5.41, 5.74) is 1.19. The van der Waals surface area contributed by atoms with E-state index in [2.05, 4.69) is 43.8 Å². The lowest BCUT2D eigenvalue weighted by Crippen LogP contribution is -2.16. The molecule has 0 bridgehead atoms. The molecule has 0 unspecified atom stereocenters. The molecule has 1 saturated carbocycles. The number of benzene rings is 1. The fourth-order valence-electron chi connectivity index (χ4n) is 2.28. The average molecular weight is 350 g/mol. The number of hydrogen-bond acceptors (Lipinski definition) is 3. The van der Waals surface area contributed by atoms with Crippen molar-refractivity contribution in [3.05, 3.63) is 46.5 Å². The van der Waals surface area contributed by atoms with Crippen molar-refractivity contribution in [2.75, 3.05) is 0 Å². The minimum atomic E-state index is 0.499. The Morgan fingerprint density at radius 3 is 3.05 bits per heavy atom. The van der Waals surface area contributed by atoms with Gasteiger partial charge in [0.25, 0.3) is 0 Å². The molecular weight excluding hydrogens is 330 g/mol. The lowest BCUT2D eigenvalue weighted by molar-refractivity contribution is 0.286. The van der Waals surface area contributed by atoms with Gasteiger partial charge in [-0.15, -0.1) is 0 Å². The van der Waals surface area contributed by atoms with E-state index in [4.69, 9.17) is 4.74 Å². The molecule has 0 aliphatic heterocycles. The number of hydrogen-bond donors (Lipinski definition) is 1. The molecule has 4 nitrogen and oxygen atoms in total. The van der Waals surface area contributed by atoms with Crippen molar-refractivity contribution in [2.45, 2.75) is 45.5 Å². The van der Waals surface area contributed by atoms with Gasteiger partial charge in [0.15, 0.2) is 0 Å². The normalized spacial score (nSPS) is 14.4. The molecule has 1 heterocycles. The summed E-state index contributed by atoms with van der Waals surface area (Å²) < 4.78 is 9.17. The molecule has 1 aromatic carbocycles. The number of ether oxygens (including phenoxy) is 1. The summed E-state index contributed by atoms with van der Waals surface area (Å²) in [7, 11) is 0. The third-order valence-electron chi connectivity index (χ3n) is 3.68. The van der Waals surface area contributed by atoms with E-state index in [-0.39, 0.29) is 0 Å². The summed E-state index contributed by atoms with van der Waals surface area (Å²) in [6.45, 7) is 4.37. The van der Waals surface area contributed by atoms with Gasteiger partial charge in [-0.3, -0.25) is 0 Å². The van der Waals surface area contributed by atoms with Crippen molar-refractivity contribution < 1.29 is 4.74 Å². The van der Waals surface area contributed by atoms with Crippen LogP contribution in [0.4, 0.5) is 0 Å². The van der Waals surface area contributed by atoms with Crippen LogP contribution in [-0.2, 0) is 19.7 Å². The van der Waals surface area contributed by atoms with Gasteiger partial charge in [0.05, 0.1) is 0 Å². The number of aryl methyl sites for hydroxylation is 1. The quantitative estimate of drug-likeness (QED) is 0.831. The first-order valence-corrected chi connectivity index (χ1v) is 8.20. The predicted octanol–water partition coefficient (Wildman–Crippen LogP) is 3.50. The zero-order chi connectivity index (χ0) is 14.7. The fraction of sp³-hybridized carbons (Fsp3) is 0.438. The number of nitrogens with one attached hydrogen (secondary N) is 1. The highest BCUT2D eigenvalue weighted by molar-refractivity contribution is 9.10. The molecular formula is C16H20BrN3O. The summed E-state index contributed by atoms with van der Waals surface area (Å²) >= 11 is 3.53. The minimum absolute atomic E-state index is 0.499. The molecule has 3 rings (SSSR count). The largest absolute Gasteiger partial charge is 0.485 e. The van der Waals surface area contributed by atoms with Crippen LogP contribution in [0.1, 0.15) is 31.2 Å². The van der Waals surface area contributed by atoms with Crippen LogP contribution in [0.15, 0.2) is 35.1 Å². The van der Waals surface area contributed by atoms with Crippen LogP contribution in [0.2, 0.25) is 0 Å². The molecule has 1 aromatic heterocycles. The first-order valence-electron chi connectivity index (χ1n) is 7.41. The molecule has 0 radical (unpaired) electrons. The topological polar surface area (TPSA) is 39.1 Å². The van der Waals surface area contributed by atoms with Gasteiger partial charge in [0.1, 0.15) is 18.2 Å². The van der Waals surface area contributed by atoms with E-state index in [0.29, 0.717) is 12.6 Å². The van der Waals surface area contributed by atoms with Crippen molar-refractivity contribution >= 4 is 15.9 Å². The Morgan fingerprint density at radius 2 is 2.29 bits per heavy atom. The van der Waals surface area contributed by atoms with Crippen LogP contribution < -0.4 is 10.1 Å². The molecule has 5 heteroatoms. The number of rotatable bonds is 7. The fourth-order valence-corrected chi connectivity index (χ4v) is 2.69. The molecule has 0 amide bonds. The first-order chi connectivity index (χ1) is 10.3. The van der Waals surface area contributed by atoms with Crippen LogP contribution >= 0.6 is 15.9 Å². The van der Waals surface area contributed by atoms with Crippen molar-refractivity contribution in [2.24, 2.45) is 0 Å². The molecule has 112 valence electrons. The van der Waals surface area contributed by atoms with Crippen LogP contribution in [-0.4, -0.2) is 15.6 Å². The van der Waals surface area contributed by atoms with Gasteiger partial charge in [-0.2, -0.15) is 0 Å². The molecule has 1 N–H and O–H groups in total. The average Bonchev–Trinajstić information content (AvgIpc) is 3.21. The third-order valence-corrected chi connectivity index (χ3v) is 4.17. The van der Waals surface area contributed by atoms with Crippen molar-refractivity contribution in [3.63, 3.8) is 0 Å². The van der Waals surface area contributed by atoms with Gasteiger partial charge in [-0.1, -0.05) is 15.9 Å². The number of imidazole rings is 1. The highest BCUT2D eigenvalue weighted by atomic mass is 79.9. The lowest BCUT2D eigenvalue weighted by Gasteiger charge is -2.13. The highest BCUT2D eigenvalue weighted by Gasteiger charge is 2.20. The second-order valence-electron chi connectivity index (χ2n) is 5.33. The van der Waals surface area contributed by atoms with E-state index >= 15 is 0 Å². The molecule has 2 aromatic rings. The van der Waals surface area contributed by atoms with Crippen molar-refractivity contribution in [3.8, 4) is 5.75 Å². The van der Waals surface area contributed by atoms with Crippen LogP contribution in [0.5, 0.6) is 5.75 Å². The van der Waals surface area contributed by atoms with E-state index < -0.39 is 0 Å². The minimum Gasteiger partial charge on any atom is -0.485 e. The summed E-state index contributed by atoms with van der Waals surface area (Å²) in [6, 6.07) is 6.85. The van der Waals surface area contributed by atoms with E-state index in [9.17, 15) is 0 Å². The maximum atomic E-state index is 5.99. The Hall–Kier alpha value is -1.33.